The highest BCUT2D eigenvalue weighted by Gasteiger charge is 2.29. The summed E-state index contributed by atoms with van der Waals surface area (Å²) in [6.07, 6.45) is 2.89. The number of fused-ring (bicyclic) bond motifs is 1. The minimum Gasteiger partial charge on any atom is -0.408 e. The standard InChI is InChI=1S/C22H20N4O2/c27-18-13-16-9-4-5-12-17(16)19(14-7-2-1-3-8-14)23-20(18)24-22-26-25-21(28-22)15-10-6-11-15/h1-5,7-9,12,15,20H,6,10-11,13H2,(H,24,26)/t20-/m1/s1. The molecule has 2 aromatic carbocycles. The van der Waals surface area contributed by atoms with Gasteiger partial charge in [0.2, 0.25) is 5.89 Å². The molecular formula is C22H20N4O2. The number of benzene rings is 2. The molecule has 2 aliphatic rings. The zero-order valence-electron chi connectivity index (χ0n) is 15.3. The van der Waals surface area contributed by atoms with Gasteiger partial charge in [-0.1, -0.05) is 66.1 Å². The van der Waals surface area contributed by atoms with Crippen molar-refractivity contribution in [1.82, 2.24) is 10.2 Å². The summed E-state index contributed by atoms with van der Waals surface area (Å²) in [4.78, 5) is 17.7. The molecule has 140 valence electrons. The Bertz CT molecular complexity index is 1040. The van der Waals surface area contributed by atoms with Crippen LogP contribution in [0.3, 0.4) is 0 Å². The molecule has 1 fully saturated rings. The van der Waals surface area contributed by atoms with Crippen molar-refractivity contribution >= 4 is 17.5 Å². The van der Waals surface area contributed by atoms with Gasteiger partial charge in [0, 0.05) is 23.5 Å². The first kappa shape index (κ1) is 16.9. The number of aromatic nitrogens is 2. The first-order valence-electron chi connectivity index (χ1n) is 9.62. The molecule has 28 heavy (non-hydrogen) atoms. The van der Waals surface area contributed by atoms with Crippen LogP contribution >= 0.6 is 0 Å². The molecule has 3 aromatic rings. The maximum absolute atomic E-state index is 12.9. The second kappa shape index (κ2) is 7.03. The molecule has 5 rings (SSSR count). The Labute approximate surface area is 162 Å². The summed E-state index contributed by atoms with van der Waals surface area (Å²) in [6, 6.07) is 18.1. The molecule has 0 unspecified atom stereocenters. The molecule has 0 bridgehead atoms. The Balaban J connectivity index is 1.51. The van der Waals surface area contributed by atoms with Gasteiger partial charge in [0.25, 0.3) is 0 Å². The maximum atomic E-state index is 12.9. The minimum absolute atomic E-state index is 0.0261. The molecule has 6 heteroatoms. The van der Waals surface area contributed by atoms with Crippen molar-refractivity contribution in [2.75, 3.05) is 5.32 Å². The van der Waals surface area contributed by atoms with Crippen LogP contribution in [0.4, 0.5) is 6.01 Å². The van der Waals surface area contributed by atoms with Crippen LogP contribution < -0.4 is 5.32 Å². The number of aliphatic imine (C=N–C) groups is 1. The molecule has 1 saturated carbocycles. The maximum Gasteiger partial charge on any atom is 0.317 e. The van der Waals surface area contributed by atoms with Crippen molar-refractivity contribution in [2.24, 2.45) is 4.99 Å². The SMILES string of the molecule is O=C1Cc2ccccc2C(c2ccccc2)=N[C@@H]1Nc1nnc(C2CCC2)o1. The average molecular weight is 372 g/mol. The molecule has 1 N–H and O–H groups in total. The lowest BCUT2D eigenvalue weighted by Crippen LogP contribution is -2.29. The Morgan fingerprint density at radius 2 is 1.75 bits per heavy atom. The minimum atomic E-state index is -0.766. The van der Waals surface area contributed by atoms with E-state index in [1.807, 2.05) is 54.6 Å². The lowest BCUT2D eigenvalue weighted by molar-refractivity contribution is -0.119. The third kappa shape index (κ3) is 3.11. The van der Waals surface area contributed by atoms with Crippen molar-refractivity contribution in [3.05, 3.63) is 77.2 Å². The van der Waals surface area contributed by atoms with Crippen LogP contribution in [0.5, 0.6) is 0 Å². The highest BCUT2D eigenvalue weighted by Crippen LogP contribution is 2.36. The smallest absolute Gasteiger partial charge is 0.317 e. The lowest BCUT2D eigenvalue weighted by atomic mass is 9.85. The first-order chi connectivity index (χ1) is 13.8. The van der Waals surface area contributed by atoms with Gasteiger partial charge in [-0.3, -0.25) is 9.79 Å². The number of anilines is 1. The van der Waals surface area contributed by atoms with E-state index in [1.54, 1.807) is 0 Å². The lowest BCUT2D eigenvalue weighted by Gasteiger charge is -2.20. The van der Waals surface area contributed by atoms with Crippen molar-refractivity contribution in [1.29, 1.82) is 0 Å². The summed E-state index contributed by atoms with van der Waals surface area (Å²) in [5.74, 6) is 0.965. The van der Waals surface area contributed by atoms with Crippen LogP contribution in [0.1, 0.15) is 47.8 Å². The van der Waals surface area contributed by atoms with Crippen LogP contribution in [0.15, 0.2) is 64.0 Å². The number of ketones is 1. The summed E-state index contributed by atoms with van der Waals surface area (Å²) in [5.41, 5.74) is 3.71. The summed E-state index contributed by atoms with van der Waals surface area (Å²) >= 11 is 0. The van der Waals surface area contributed by atoms with Gasteiger partial charge >= 0.3 is 6.01 Å². The number of hydrogen-bond acceptors (Lipinski definition) is 6. The number of Topliss-reactive ketones (excluding diaryl/α,β-unsaturated/α-hetero) is 1. The molecule has 0 saturated heterocycles. The number of hydrogen-bond donors (Lipinski definition) is 1. The van der Waals surface area contributed by atoms with Gasteiger partial charge in [-0.2, -0.15) is 0 Å². The van der Waals surface area contributed by atoms with Crippen molar-refractivity contribution < 1.29 is 9.21 Å². The molecule has 2 heterocycles. The predicted octanol–water partition coefficient (Wildman–Crippen LogP) is 3.74. The Morgan fingerprint density at radius 1 is 0.964 bits per heavy atom. The van der Waals surface area contributed by atoms with E-state index >= 15 is 0 Å². The van der Waals surface area contributed by atoms with Crippen LogP contribution in [0.2, 0.25) is 0 Å². The largest absolute Gasteiger partial charge is 0.408 e. The zero-order valence-corrected chi connectivity index (χ0v) is 15.3. The second-order valence-corrected chi connectivity index (χ2v) is 7.26. The first-order valence-corrected chi connectivity index (χ1v) is 9.62. The van der Waals surface area contributed by atoms with E-state index in [-0.39, 0.29) is 11.8 Å². The summed E-state index contributed by atoms with van der Waals surface area (Å²) in [5, 5.41) is 11.3. The van der Waals surface area contributed by atoms with E-state index in [2.05, 4.69) is 15.5 Å². The molecule has 0 amide bonds. The molecule has 6 nitrogen and oxygen atoms in total. The van der Waals surface area contributed by atoms with Gasteiger partial charge < -0.3 is 9.73 Å². The van der Waals surface area contributed by atoms with Crippen LogP contribution in [0.25, 0.3) is 0 Å². The fraction of sp³-hybridized carbons (Fsp3) is 0.273. The number of rotatable bonds is 4. The topological polar surface area (TPSA) is 80.4 Å². The third-order valence-corrected chi connectivity index (χ3v) is 5.40. The van der Waals surface area contributed by atoms with Crippen LogP contribution in [-0.2, 0) is 11.2 Å². The summed E-state index contributed by atoms with van der Waals surface area (Å²) in [6.45, 7) is 0. The fourth-order valence-electron chi connectivity index (χ4n) is 3.63. The normalized spacial score (nSPS) is 19.4. The molecular weight excluding hydrogens is 352 g/mol. The molecule has 0 radical (unpaired) electrons. The van der Waals surface area contributed by atoms with Crippen LogP contribution in [-0.4, -0.2) is 27.9 Å². The molecule has 1 aliphatic heterocycles. The van der Waals surface area contributed by atoms with E-state index in [1.165, 1.54) is 6.42 Å². The van der Waals surface area contributed by atoms with Crippen molar-refractivity contribution in [3.63, 3.8) is 0 Å². The molecule has 1 atom stereocenters. The molecule has 0 spiro atoms. The molecule has 1 aromatic heterocycles. The van der Waals surface area contributed by atoms with E-state index in [0.29, 0.717) is 18.2 Å². The van der Waals surface area contributed by atoms with E-state index in [0.717, 1.165) is 35.2 Å². The quantitative estimate of drug-likeness (QED) is 0.755. The fourth-order valence-corrected chi connectivity index (χ4v) is 3.63. The van der Waals surface area contributed by atoms with E-state index < -0.39 is 6.17 Å². The van der Waals surface area contributed by atoms with E-state index in [4.69, 9.17) is 9.41 Å². The summed E-state index contributed by atoms with van der Waals surface area (Å²) < 4.78 is 5.74. The highest BCUT2D eigenvalue weighted by atomic mass is 16.4. The Kier molecular flexibility index (Phi) is 4.24. The third-order valence-electron chi connectivity index (χ3n) is 5.40. The highest BCUT2D eigenvalue weighted by molar-refractivity contribution is 6.16. The molecule has 1 aliphatic carbocycles. The number of carbonyl (C=O) groups excluding carboxylic acids is 1. The van der Waals surface area contributed by atoms with Gasteiger partial charge in [-0.15, -0.1) is 5.10 Å². The Hall–Kier alpha value is -3.28. The van der Waals surface area contributed by atoms with Crippen molar-refractivity contribution in [2.45, 2.75) is 37.8 Å². The van der Waals surface area contributed by atoms with Crippen molar-refractivity contribution in [3.8, 4) is 0 Å². The van der Waals surface area contributed by atoms with Gasteiger partial charge in [-0.25, -0.2) is 0 Å². The Morgan fingerprint density at radius 3 is 2.54 bits per heavy atom. The average Bonchev–Trinajstić information content (AvgIpc) is 3.07. The number of nitrogens with zero attached hydrogens (tertiary/aromatic N) is 3. The van der Waals surface area contributed by atoms with Gasteiger partial charge in [-0.05, 0) is 18.4 Å². The summed E-state index contributed by atoms with van der Waals surface area (Å²) in [7, 11) is 0. The zero-order chi connectivity index (χ0) is 18.9. The predicted molar refractivity (Wildman–Crippen MR) is 106 cm³/mol. The van der Waals surface area contributed by atoms with Gasteiger partial charge in [0.1, 0.15) is 0 Å². The van der Waals surface area contributed by atoms with E-state index in [9.17, 15) is 4.79 Å². The number of carbonyl (C=O) groups is 1. The number of nitrogens with one attached hydrogen (secondary N) is 1. The second-order valence-electron chi connectivity index (χ2n) is 7.26. The monoisotopic (exact) mass is 372 g/mol. The van der Waals surface area contributed by atoms with Gasteiger partial charge in [0.15, 0.2) is 11.9 Å². The van der Waals surface area contributed by atoms with Gasteiger partial charge in [0.05, 0.1) is 5.71 Å². The van der Waals surface area contributed by atoms with Crippen LogP contribution in [0, 0.1) is 0 Å².